The van der Waals surface area contributed by atoms with Gasteiger partial charge in [-0.05, 0) is 49.2 Å². The lowest BCUT2D eigenvalue weighted by atomic mass is 10.2. The lowest BCUT2D eigenvalue weighted by Gasteiger charge is -2.26. The van der Waals surface area contributed by atoms with E-state index in [0.717, 1.165) is 19.3 Å². The van der Waals surface area contributed by atoms with Crippen molar-refractivity contribution in [2.24, 2.45) is 0 Å². The fraction of sp³-hybridized carbons (Fsp3) is 0.316. The zero-order valence-electron chi connectivity index (χ0n) is 15.3. The molecule has 1 saturated heterocycles. The molecule has 0 spiro atoms. The van der Waals surface area contributed by atoms with Crippen molar-refractivity contribution < 1.29 is 26.7 Å². The Labute approximate surface area is 172 Å². The van der Waals surface area contributed by atoms with Gasteiger partial charge in [-0.1, -0.05) is 24.1 Å². The summed E-state index contributed by atoms with van der Waals surface area (Å²) in [5, 5.41) is 2.61. The summed E-state index contributed by atoms with van der Waals surface area (Å²) in [6, 6.07) is 9.45. The van der Waals surface area contributed by atoms with Gasteiger partial charge in [-0.2, -0.15) is 13.1 Å². The molecule has 1 aliphatic heterocycles. The third-order valence-electron chi connectivity index (χ3n) is 4.44. The smallest absolute Gasteiger partial charge is 0.387 e. The summed E-state index contributed by atoms with van der Waals surface area (Å²) >= 11 is 6.12. The largest absolute Gasteiger partial charge is 0.435 e. The maximum atomic E-state index is 12.9. The van der Waals surface area contributed by atoms with Crippen LogP contribution in [0.3, 0.4) is 0 Å². The Morgan fingerprint density at radius 1 is 1.10 bits per heavy atom. The van der Waals surface area contributed by atoms with Crippen LogP contribution < -0.4 is 10.1 Å². The first-order valence-electron chi connectivity index (χ1n) is 8.93. The Morgan fingerprint density at radius 3 is 2.52 bits per heavy atom. The molecule has 0 aliphatic carbocycles. The second kappa shape index (κ2) is 9.06. The molecule has 10 heteroatoms. The number of nitrogens with one attached hydrogen (secondary N) is 1. The molecule has 3 rings (SSSR count). The van der Waals surface area contributed by atoms with Gasteiger partial charge in [0.15, 0.2) is 0 Å². The van der Waals surface area contributed by atoms with Crippen molar-refractivity contribution in [3.05, 3.63) is 53.1 Å². The molecule has 6 nitrogen and oxygen atoms in total. The minimum atomic E-state index is -3.79. The normalized spacial score (nSPS) is 15.3. The van der Waals surface area contributed by atoms with Crippen molar-refractivity contribution in [1.29, 1.82) is 0 Å². The molecular formula is C19H19ClF2N2O4S. The van der Waals surface area contributed by atoms with Crippen LogP contribution in [0.2, 0.25) is 5.02 Å². The number of rotatable bonds is 6. The number of sulfonamides is 1. The van der Waals surface area contributed by atoms with E-state index in [1.807, 2.05) is 0 Å². The number of carbonyl (C=O) groups excluding carboxylic acids is 1. The minimum absolute atomic E-state index is 0.0564. The van der Waals surface area contributed by atoms with E-state index in [0.29, 0.717) is 13.1 Å². The van der Waals surface area contributed by atoms with Crippen molar-refractivity contribution in [3.8, 4) is 5.75 Å². The first-order valence-corrected chi connectivity index (χ1v) is 10.7. The summed E-state index contributed by atoms with van der Waals surface area (Å²) < 4.78 is 56.2. The lowest BCUT2D eigenvalue weighted by molar-refractivity contribution is -0.0498. The van der Waals surface area contributed by atoms with Crippen LogP contribution in [-0.2, 0) is 10.0 Å². The molecule has 1 amide bonds. The molecule has 0 saturated carbocycles. The molecule has 1 aliphatic rings. The number of amides is 1. The van der Waals surface area contributed by atoms with E-state index in [1.54, 1.807) is 0 Å². The van der Waals surface area contributed by atoms with E-state index in [1.165, 1.54) is 46.8 Å². The van der Waals surface area contributed by atoms with E-state index >= 15 is 0 Å². The van der Waals surface area contributed by atoms with Gasteiger partial charge in [0.1, 0.15) is 10.6 Å². The van der Waals surface area contributed by atoms with E-state index < -0.39 is 22.5 Å². The summed E-state index contributed by atoms with van der Waals surface area (Å²) in [5.74, 6) is -0.759. The average molecular weight is 445 g/mol. The van der Waals surface area contributed by atoms with Crippen LogP contribution >= 0.6 is 11.6 Å². The number of anilines is 1. The Morgan fingerprint density at radius 2 is 1.83 bits per heavy atom. The number of halogens is 3. The molecule has 0 atom stereocenters. The molecule has 156 valence electrons. The number of hydrogen-bond donors (Lipinski definition) is 1. The van der Waals surface area contributed by atoms with Gasteiger partial charge in [0.2, 0.25) is 10.0 Å². The van der Waals surface area contributed by atoms with E-state index in [-0.39, 0.29) is 26.9 Å². The molecule has 0 bridgehead atoms. The van der Waals surface area contributed by atoms with Crippen LogP contribution in [0.25, 0.3) is 0 Å². The summed E-state index contributed by atoms with van der Waals surface area (Å²) in [6.45, 7) is -2.16. The third kappa shape index (κ3) is 5.23. The molecule has 0 aromatic heterocycles. The first-order chi connectivity index (χ1) is 13.8. The quantitative estimate of drug-likeness (QED) is 0.717. The summed E-state index contributed by atoms with van der Waals surface area (Å²) in [5.41, 5.74) is 0.300. The highest BCUT2D eigenvalue weighted by Crippen LogP contribution is 2.29. The maximum absolute atomic E-state index is 12.9. The molecule has 29 heavy (non-hydrogen) atoms. The highest BCUT2D eigenvalue weighted by Gasteiger charge is 2.28. The molecule has 0 radical (unpaired) electrons. The number of nitrogens with zero attached hydrogens (tertiary/aromatic N) is 1. The van der Waals surface area contributed by atoms with Crippen molar-refractivity contribution in [2.75, 3.05) is 18.4 Å². The van der Waals surface area contributed by atoms with Crippen LogP contribution in [-0.4, -0.2) is 38.3 Å². The average Bonchev–Trinajstić information content (AvgIpc) is 2.69. The van der Waals surface area contributed by atoms with Gasteiger partial charge < -0.3 is 10.1 Å². The molecule has 0 unspecified atom stereocenters. The Balaban J connectivity index is 1.82. The van der Waals surface area contributed by atoms with Crippen LogP contribution in [0.1, 0.15) is 29.6 Å². The topological polar surface area (TPSA) is 75.7 Å². The number of carbonyl (C=O) groups is 1. The lowest BCUT2D eigenvalue weighted by Crippen LogP contribution is -2.35. The Bertz CT molecular complexity index is 995. The van der Waals surface area contributed by atoms with Gasteiger partial charge in [0.25, 0.3) is 5.91 Å². The van der Waals surface area contributed by atoms with Crippen molar-refractivity contribution >= 4 is 33.2 Å². The van der Waals surface area contributed by atoms with Crippen LogP contribution in [0.4, 0.5) is 14.5 Å². The van der Waals surface area contributed by atoms with E-state index in [9.17, 15) is 22.0 Å². The predicted octanol–water partition coefficient (Wildman–Crippen LogP) is 4.37. The Kier molecular flexibility index (Phi) is 6.71. The van der Waals surface area contributed by atoms with E-state index in [2.05, 4.69) is 10.1 Å². The zero-order chi connectivity index (χ0) is 21.0. The molecule has 2 aromatic carbocycles. The fourth-order valence-corrected chi connectivity index (χ4v) is 5.06. The van der Waals surface area contributed by atoms with Gasteiger partial charge in [0, 0.05) is 24.3 Å². The highest BCUT2D eigenvalue weighted by atomic mass is 35.5. The van der Waals surface area contributed by atoms with Crippen molar-refractivity contribution in [1.82, 2.24) is 4.31 Å². The van der Waals surface area contributed by atoms with Gasteiger partial charge in [-0.25, -0.2) is 8.42 Å². The third-order valence-corrected chi connectivity index (χ3v) is 6.82. The SMILES string of the molecule is O=C(Nc1ccc(Cl)c(S(=O)(=O)N2CCCCC2)c1)c1cccc(OC(F)F)c1. The molecular weight excluding hydrogens is 426 g/mol. The maximum Gasteiger partial charge on any atom is 0.387 e. The monoisotopic (exact) mass is 444 g/mol. The predicted molar refractivity (Wildman–Crippen MR) is 105 cm³/mol. The van der Waals surface area contributed by atoms with Crippen LogP contribution in [0.5, 0.6) is 5.75 Å². The summed E-state index contributed by atoms with van der Waals surface area (Å²) in [4.78, 5) is 12.4. The number of benzene rings is 2. The second-order valence-corrected chi connectivity index (χ2v) is 8.78. The van der Waals surface area contributed by atoms with Gasteiger partial charge in [-0.15, -0.1) is 0 Å². The zero-order valence-corrected chi connectivity index (χ0v) is 16.8. The number of alkyl halides is 2. The van der Waals surface area contributed by atoms with E-state index in [4.69, 9.17) is 11.6 Å². The summed E-state index contributed by atoms with van der Waals surface area (Å²) in [7, 11) is -3.79. The molecule has 1 N–H and O–H groups in total. The van der Waals surface area contributed by atoms with Crippen LogP contribution in [0, 0.1) is 0 Å². The first kappa shape index (κ1) is 21.5. The molecule has 1 fully saturated rings. The summed E-state index contributed by atoms with van der Waals surface area (Å²) in [6.07, 6.45) is 2.54. The Hall–Kier alpha value is -2.23. The second-order valence-electron chi connectivity index (χ2n) is 6.47. The van der Waals surface area contributed by atoms with Crippen molar-refractivity contribution in [2.45, 2.75) is 30.8 Å². The van der Waals surface area contributed by atoms with Crippen LogP contribution in [0.15, 0.2) is 47.4 Å². The van der Waals surface area contributed by atoms with Gasteiger partial charge >= 0.3 is 6.61 Å². The molecule has 1 heterocycles. The molecule has 2 aromatic rings. The number of ether oxygens (including phenoxy) is 1. The van der Waals surface area contributed by atoms with Gasteiger partial charge in [-0.3, -0.25) is 4.79 Å². The number of piperidine rings is 1. The fourth-order valence-electron chi connectivity index (χ4n) is 3.04. The van der Waals surface area contributed by atoms with Crippen molar-refractivity contribution in [3.63, 3.8) is 0 Å². The number of hydrogen-bond acceptors (Lipinski definition) is 4. The standard InChI is InChI=1S/C19H19ClF2N2O4S/c20-16-8-7-14(12-17(16)29(26,27)24-9-2-1-3-10-24)23-18(25)13-5-4-6-15(11-13)28-19(21)22/h4-8,11-12,19H,1-3,9-10H2,(H,23,25). The highest BCUT2D eigenvalue weighted by molar-refractivity contribution is 7.89. The minimum Gasteiger partial charge on any atom is -0.435 e. The van der Waals surface area contributed by atoms with Gasteiger partial charge in [0.05, 0.1) is 5.02 Å².